The minimum absolute atomic E-state index is 0.0894. The lowest BCUT2D eigenvalue weighted by atomic mass is 10.2. The number of likely N-dealkylation sites (tertiary alicyclic amines) is 1. The van der Waals surface area contributed by atoms with Gasteiger partial charge in [-0.1, -0.05) is 6.92 Å². The lowest BCUT2D eigenvalue weighted by Crippen LogP contribution is -2.29. The number of amides is 1. The Morgan fingerprint density at radius 3 is 2.53 bits per heavy atom. The standard InChI is InChI=1S/C12H17NO3S/c1-3-8-4-11(17-7(8)2)12(16)13-5-9(14)10(15)6-13/h4,9-10,14-15H,3,5-6H2,1-2H3. The van der Waals surface area contributed by atoms with Crippen LogP contribution in [0.1, 0.15) is 27.0 Å². The van der Waals surface area contributed by atoms with E-state index in [0.29, 0.717) is 4.88 Å². The molecule has 0 aliphatic carbocycles. The SMILES string of the molecule is CCc1cc(C(=O)N2CC(O)C(O)C2)sc1C. The second kappa shape index (κ2) is 4.76. The van der Waals surface area contributed by atoms with Crippen LogP contribution in [0.3, 0.4) is 0 Å². The van der Waals surface area contributed by atoms with Crippen molar-refractivity contribution in [2.75, 3.05) is 13.1 Å². The van der Waals surface area contributed by atoms with Crippen molar-refractivity contribution in [3.05, 3.63) is 21.4 Å². The zero-order valence-corrected chi connectivity index (χ0v) is 10.8. The highest BCUT2D eigenvalue weighted by Gasteiger charge is 2.33. The van der Waals surface area contributed by atoms with Crippen molar-refractivity contribution in [3.63, 3.8) is 0 Å². The second-order valence-corrected chi connectivity index (χ2v) is 5.65. The third-order valence-corrected chi connectivity index (χ3v) is 4.24. The van der Waals surface area contributed by atoms with Crippen LogP contribution >= 0.6 is 11.3 Å². The van der Waals surface area contributed by atoms with Crippen LogP contribution < -0.4 is 0 Å². The minimum atomic E-state index is -0.814. The Hall–Kier alpha value is -0.910. The van der Waals surface area contributed by atoms with Gasteiger partial charge in [0.15, 0.2) is 0 Å². The first-order valence-electron chi connectivity index (χ1n) is 5.77. The van der Waals surface area contributed by atoms with Crippen molar-refractivity contribution >= 4 is 17.2 Å². The molecular weight excluding hydrogens is 238 g/mol. The Morgan fingerprint density at radius 2 is 2.06 bits per heavy atom. The zero-order chi connectivity index (χ0) is 12.6. The summed E-state index contributed by atoms with van der Waals surface area (Å²) in [6.45, 7) is 4.51. The molecule has 1 aliphatic rings. The van der Waals surface area contributed by atoms with Gasteiger partial charge in [-0.3, -0.25) is 4.79 Å². The van der Waals surface area contributed by atoms with Crippen LogP contribution in [0.5, 0.6) is 0 Å². The Morgan fingerprint density at radius 1 is 1.47 bits per heavy atom. The molecule has 0 radical (unpaired) electrons. The van der Waals surface area contributed by atoms with Crippen molar-refractivity contribution in [1.82, 2.24) is 4.90 Å². The molecule has 5 heteroatoms. The van der Waals surface area contributed by atoms with Crippen LogP contribution in [0, 0.1) is 6.92 Å². The second-order valence-electron chi connectivity index (χ2n) is 4.39. The van der Waals surface area contributed by atoms with Gasteiger partial charge >= 0.3 is 0 Å². The summed E-state index contributed by atoms with van der Waals surface area (Å²) in [6, 6.07) is 1.92. The Labute approximate surface area is 104 Å². The predicted octanol–water partition coefficient (Wildman–Crippen LogP) is 0.797. The molecule has 17 heavy (non-hydrogen) atoms. The number of rotatable bonds is 2. The molecule has 0 spiro atoms. The number of aliphatic hydroxyl groups excluding tert-OH is 2. The maximum atomic E-state index is 12.1. The summed E-state index contributed by atoms with van der Waals surface area (Å²) in [5, 5.41) is 18.9. The number of nitrogens with zero attached hydrogens (tertiary/aromatic N) is 1. The molecule has 2 N–H and O–H groups in total. The van der Waals surface area contributed by atoms with E-state index >= 15 is 0 Å². The van der Waals surface area contributed by atoms with E-state index in [4.69, 9.17) is 0 Å². The fourth-order valence-electron chi connectivity index (χ4n) is 2.07. The van der Waals surface area contributed by atoms with Gasteiger partial charge in [-0.05, 0) is 25.0 Å². The number of hydrogen-bond acceptors (Lipinski definition) is 4. The highest BCUT2D eigenvalue weighted by atomic mass is 32.1. The lowest BCUT2D eigenvalue weighted by molar-refractivity contribution is 0.0572. The number of hydrogen-bond donors (Lipinski definition) is 2. The van der Waals surface area contributed by atoms with Gasteiger partial charge in [-0.15, -0.1) is 11.3 Å². The molecular formula is C12H17NO3S. The number of aryl methyl sites for hydroxylation is 2. The molecule has 2 atom stereocenters. The van der Waals surface area contributed by atoms with Gasteiger partial charge < -0.3 is 15.1 Å². The quantitative estimate of drug-likeness (QED) is 0.821. The highest BCUT2D eigenvalue weighted by molar-refractivity contribution is 7.14. The first-order valence-corrected chi connectivity index (χ1v) is 6.59. The third-order valence-electron chi connectivity index (χ3n) is 3.16. The summed E-state index contributed by atoms with van der Waals surface area (Å²) >= 11 is 1.48. The van der Waals surface area contributed by atoms with E-state index in [0.717, 1.165) is 11.3 Å². The van der Waals surface area contributed by atoms with E-state index in [1.54, 1.807) is 0 Å². The number of β-amino-alcohol motifs (C(OH)–C–C–N with tert-alkyl or cyclic N) is 2. The van der Waals surface area contributed by atoms with Crippen LogP contribution in [-0.4, -0.2) is 46.3 Å². The van der Waals surface area contributed by atoms with E-state index < -0.39 is 12.2 Å². The van der Waals surface area contributed by atoms with E-state index in [-0.39, 0.29) is 19.0 Å². The van der Waals surface area contributed by atoms with Crippen LogP contribution in [-0.2, 0) is 6.42 Å². The maximum Gasteiger partial charge on any atom is 0.264 e. The summed E-state index contributed by atoms with van der Waals surface area (Å²) in [5.74, 6) is -0.0894. The monoisotopic (exact) mass is 255 g/mol. The molecule has 0 bridgehead atoms. The molecule has 1 amide bonds. The predicted molar refractivity (Wildman–Crippen MR) is 66.4 cm³/mol. The maximum absolute atomic E-state index is 12.1. The van der Waals surface area contributed by atoms with Gasteiger partial charge in [-0.2, -0.15) is 0 Å². The van der Waals surface area contributed by atoms with Crippen molar-refractivity contribution < 1.29 is 15.0 Å². The van der Waals surface area contributed by atoms with Crippen molar-refractivity contribution in [1.29, 1.82) is 0 Å². The van der Waals surface area contributed by atoms with Crippen molar-refractivity contribution in [2.24, 2.45) is 0 Å². The fraction of sp³-hybridized carbons (Fsp3) is 0.583. The summed E-state index contributed by atoms with van der Waals surface area (Å²) in [4.78, 5) is 15.5. The van der Waals surface area contributed by atoms with Crippen molar-refractivity contribution in [3.8, 4) is 0 Å². The van der Waals surface area contributed by atoms with Gasteiger partial charge in [0.25, 0.3) is 5.91 Å². The molecule has 0 aromatic carbocycles. The first-order chi connectivity index (χ1) is 8.02. The lowest BCUT2D eigenvalue weighted by Gasteiger charge is -2.13. The van der Waals surface area contributed by atoms with Crippen LogP contribution in [0.15, 0.2) is 6.07 Å². The largest absolute Gasteiger partial charge is 0.388 e. The average Bonchev–Trinajstić information content (AvgIpc) is 2.82. The fourth-order valence-corrected chi connectivity index (χ4v) is 3.15. The Balaban J connectivity index is 2.14. The highest BCUT2D eigenvalue weighted by Crippen LogP contribution is 2.24. The van der Waals surface area contributed by atoms with Gasteiger partial charge in [0.2, 0.25) is 0 Å². The van der Waals surface area contributed by atoms with E-state index in [1.807, 2.05) is 13.0 Å². The molecule has 2 rings (SSSR count). The smallest absolute Gasteiger partial charge is 0.264 e. The first kappa shape index (κ1) is 12.5. The zero-order valence-electron chi connectivity index (χ0n) is 10.0. The van der Waals surface area contributed by atoms with Crippen LogP contribution in [0.4, 0.5) is 0 Å². The molecule has 0 saturated carbocycles. The number of carbonyl (C=O) groups excluding carboxylic acids is 1. The number of aliphatic hydroxyl groups is 2. The summed E-state index contributed by atoms with van der Waals surface area (Å²) in [7, 11) is 0. The van der Waals surface area contributed by atoms with Gasteiger partial charge in [0, 0.05) is 18.0 Å². The minimum Gasteiger partial charge on any atom is -0.388 e. The van der Waals surface area contributed by atoms with E-state index in [2.05, 4.69) is 6.92 Å². The number of thiophene rings is 1. The summed E-state index contributed by atoms with van der Waals surface area (Å²) in [5.41, 5.74) is 1.19. The van der Waals surface area contributed by atoms with E-state index in [1.165, 1.54) is 21.8 Å². The Bertz CT molecular complexity index is 419. The molecule has 1 saturated heterocycles. The molecule has 1 aromatic heterocycles. The summed E-state index contributed by atoms with van der Waals surface area (Å²) in [6.07, 6.45) is -0.711. The van der Waals surface area contributed by atoms with Crippen LogP contribution in [0.25, 0.3) is 0 Å². The molecule has 4 nitrogen and oxygen atoms in total. The van der Waals surface area contributed by atoms with E-state index in [9.17, 15) is 15.0 Å². The van der Waals surface area contributed by atoms with Gasteiger partial charge in [-0.25, -0.2) is 0 Å². The Kier molecular flexibility index (Phi) is 3.51. The van der Waals surface area contributed by atoms with Gasteiger partial charge in [0.05, 0.1) is 17.1 Å². The molecule has 2 unspecified atom stereocenters. The topological polar surface area (TPSA) is 60.8 Å². The molecule has 2 heterocycles. The molecule has 94 valence electrons. The van der Waals surface area contributed by atoms with Crippen LogP contribution in [0.2, 0.25) is 0 Å². The third kappa shape index (κ3) is 2.36. The average molecular weight is 255 g/mol. The molecule has 1 aliphatic heterocycles. The van der Waals surface area contributed by atoms with Crippen molar-refractivity contribution in [2.45, 2.75) is 32.5 Å². The summed E-state index contributed by atoms with van der Waals surface area (Å²) < 4.78 is 0. The molecule has 1 fully saturated rings. The number of carbonyl (C=O) groups is 1. The van der Waals surface area contributed by atoms with Gasteiger partial charge in [0.1, 0.15) is 0 Å². The normalized spacial score (nSPS) is 24.4. The molecule has 1 aromatic rings.